The van der Waals surface area contributed by atoms with E-state index in [-0.39, 0.29) is 24.2 Å². The molecule has 3 rings (SSSR count). The van der Waals surface area contributed by atoms with E-state index in [1.165, 1.54) is 6.07 Å². The predicted octanol–water partition coefficient (Wildman–Crippen LogP) is 3.26. The molecule has 1 aromatic heterocycles. The van der Waals surface area contributed by atoms with Gasteiger partial charge < -0.3 is 9.73 Å². The molecule has 1 N–H and O–H groups in total. The molecule has 25 heavy (non-hydrogen) atoms. The SMILES string of the molecule is O=C(CCc1ccccc1F)NCC(c1ccoc1)N1CCSCC1. The highest BCUT2D eigenvalue weighted by molar-refractivity contribution is 7.99. The average molecular weight is 362 g/mol. The number of hydrogen-bond donors (Lipinski definition) is 1. The highest BCUT2D eigenvalue weighted by atomic mass is 32.2. The third-order valence-corrected chi connectivity index (χ3v) is 5.43. The van der Waals surface area contributed by atoms with Crippen LogP contribution in [-0.2, 0) is 11.2 Å². The Kier molecular flexibility index (Phi) is 6.53. The van der Waals surface area contributed by atoms with Gasteiger partial charge in [-0.15, -0.1) is 0 Å². The number of aryl methyl sites for hydroxylation is 1. The number of nitrogens with zero attached hydrogens (tertiary/aromatic N) is 1. The summed E-state index contributed by atoms with van der Waals surface area (Å²) >= 11 is 1.96. The van der Waals surface area contributed by atoms with E-state index in [0.717, 1.165) is 30.2 Å². The van der Waals surface area contributed by atoms with Crippen LogP contribution in [0.15, 0.2) is 47.3 Å². The number of amides is 1. The van der Waals surface area contributed by atoms with Crippen LogP contribution in [0.5, 0.6) is 0 Å². The summed E-state index contributed by atoms with van der Waals surface area (Å²) < 4.78 is 18.9. The molecule has 1 aliphatic heterocycles. The lowest BCUT2D eigenvalue weighted by atomic mass is 10.1. The normalized spacial score (nSPS) is 16.5. The molecule has 0 spiro atoms. The fourth-order valence-electron chi connectivity index (χ4n) is 3.06. The van der Waals surface area contributed by atoms with Crippen LogP contribution >= 0.6 is 11.8 Å². The standard InChI is InChI=1S/C19H23FN2O2S/c20-17-4-2-1-3-15(17)5-6-19(23)21-13-18(16-7-10-24-14-16)22-8-11-25-12-9-22/h1-4,7,10,14,18H,5-6,8-9,11-13H2,(H,21,23). The Labute approximate surface area is 151 Å². The van der Waals surface area contributed by atoms with Crippen molar-refractivity contribution in [2.24, 2.45) is 0 Å². The maximum atomic E-state index is 13.6. The van der Waals surface area contributed by atoms with Gasteiger partial charge in [-0.1, -0.05) is 18.2 Å². The molecule has 0 radical (unpaired) electrons. The summed E-state index contributed by atoms with van der Waals surface area (Å²) in [6.07, 6.45) is 4.11. The third-order valence-electron chi connectivity index (χ3n) is 4.49. The van der Waals surface area contributed by atoms with Crippen molar-refractivity contribution in [3.63, 3.8) is 0 Å². The van der Waals surface area contributed by atoms with Gasteiger partial charge in [0.25, 0.3) is 0 Å². The minimum atomic E-state index is -0.252. The van der Waals surface area contributed by atoms with Gasteiger partial charge in [0.1, 0.15) is 5.82 Å². The van der Waals surface area contributed by atoms with Crippen molar-refractivity contribution in [1.82, 2.24) is 10.2 Å². The lowest BCUT2D eigenvalue weighted by Gasteiger charge is -2.34. The second kappa shape index (κ2) is 9.06. The van der Waals surface area contributed by atoms with Crippen molar-refractivity contribution in [2.45, 2.75) is 18.9 Å². The van der Waals surface area contributed by atoms with Gasteiger partial charge in [-0.25, -0.2) is 4.39 Å². The van der Waals surface area contributed by atoms with Crippen molar-refractivity contribution >= 4 is 17.7 Å². The first-order chi connectivity index (χ1) is 12.2. The molecule has 134 valence electrons. The Morgan fingerprint density at radius 2 is 2.08 bits per heavy atom. The van der Waals surface area contributed by atoms with E-state index in [1.807, 2.05) is 17.8 Å². The minimum Gasteiger partial charge on any atom is -0.472 e. The summed E-state index contributed by atoms with van der Waals surface area (Å²) in [7, 11) is 0. The molecule has 2 heterocycles. The quantitative estimate of drug-likeness (QED) is 0.821. The number of carbonyl (C=O) groups is 1. The topological polar surface area (TPSA) is 45.5 Å². The van der Waals surface area contributed by atoms with Crippen LogP contribution in [0.25, 0.3) is 0 Å². The number of furan rings is 1. The fraction of sp³-hybridized carbons (Fsp3) is 0.421. The molecule has 1 saturated heterocycles. The van der Waals surface area contributed by atoms with Crippen LogP contribution in [-0.4, -0.2) is 41.9 Å². The molecular formula is C19H23FN2O2S. The molecule has 4 nitrogen and oxygen atoms in total. The number of hydrogen-bond acceptors (Lipinski definition) is 4. The molecule has 6 heteroatoms. The van der Waals surface area contributed by atoms with Gasteiger partial charge >= 0.3 is 0 Å². The maximum absolute atomic E-state index is 13.6. The Morgan fingerprint density at radius 3 is 2.80 bits per heavy atom. The third kappa shape index (κ3) is 5.09. The van der Waals surface area contributed by atoms with Crippen LogP contribution in [0, 0.1) is 5.82 Å². The molecule has 2 aromatic rings. The van der Waals surface area contributed by atoms with Gasteiger partial charge in [-0.3, -0.25) is 9.69 Å². The minimum absolute atomic E-state index is 0.0527. The number of carbonyl (C=O) groups excluding carboxylic acids is 1. The van der Waals surface area contributed by atoms with Gasteiger partial charge in [0.15, 0.2) is 0 Å². The van der Waals surface area contributed by atoms with E-state index in [2.05, 4.69) is 10.2 Å². The summed E-state index contributed by atoms with van der Waals surface area (Å²) in [6.45, 7) is 2.55. The molecule has 1 atom stereocenters. The van der Waals surface area contributed by atoms with Crippen LogP contribution in [0.4, 0.5) is 4.39 Å². The van der Waals surface area contributed by atoms with E-state index in [4.69, 9.17) is 4.42 Å². The van der Waals surface area contributed by atoms with Crippen LogP contribution in [0.3, 0.4) is 0 Å². The monoisotopic (exact) mass is 362 g/mol. The lowest BCUT2D eigenvalue weighted by Crippen LogP contribution is -2.42. The molecule has 1 amide bonds. The van der Waals surface area contributed by atoms with Crippen LogP contribution in [0.1, 0.15) is 23.6 Å². The first-order valence-corrected chi connectivity index (χ1v) is 9.73. The van der Waals surface area contributed by atoms with Gasteiger partial charge in [0.2, 0.25) is 5.91 Å². The number of rotatable bonds is 7. The number of halogens is 1. The van der Waals surface area contributed by atoms with Crippen molar-refractivity contribution in [1.29, 1.82) is 0 Å². The Hall–Kier alpha value is -1.79. The number of thioether (sulfide) groups is 1. The van der Waals surface area contributed by atoms with E-state index in [0.29, 0.717) is 18.5 Å². The maximum Gasteiger partial charge on any atom is 0.220 e. The molecular weight excluding hydrogens is 339 g/mol. The van der Waals surface area contributed by atoms with E-state index in [9.17, 15) is 9.18 Å². The average Bonchev–Trinajstić information content (AvgIpc) is 3.16. The summed E-state index contributed by atoms with van der Waals surface area (Å²) in [5.74, 6) is 1.91. The van der Waals surface area contributed by atoms with Crippen LogP contribution < -0.4 is 5.32 Å². The molecule has 0 aliphatic carbocycles. The molecule has 0 bridgehead atoms. The van der Waals surface area contributed by atoms with E-state index >= 15 is 0 Å². The molecule has 1 unspecified atom stereocenters. The molecule has 1 fully saturated rings. The second-order valence-corrected chi connectivity index (χ2v) is 7.34. The zero-order chi connectivity index (χ0) is 17.5. The first-order valence-electron chi connectivity index (χ1n) is 8.58. The van der Waals surface area contributed by atoms with Gasteiger partial charge in [-0.05, 0) is 24.1 Å². The van der Waals surface area contributed by atoms with Gasteiger partial charge in [0, 0.05) is 43.1 Å². The zero-order valence-corrected chi connectivity index (χ0v) is 14.9. The molecule has 0 saturated carbocycles. The Morgan fingerprint density at radius 1 is 1.28 bits per heavy atom. The van der Waals surface area contributed by atoms with E-state index < -0.39 is 0 Å². The van der Waals surface area contributed by atoms with Crippen molar-refractivity contribution in [3.05, 3.63) is 59.8 Å². The fourth-order valence-corrected chi connectivity index (χ4v) is 3.99. The summed E-state index contributed by atoms with van der Waals surface area (Å²) in [5, 5.41) is 3.01. The lowest BCUT2D eigenvalue weighted by molar-refractivity contribution is -0.121. The van der Waals surface area contributed by atoms with Gasteiger partial charge in [-0.2, -0.15) is 11.8 Å². The zero-order valence-electron chi connectivity index (χ0n) is 14.1. The number of nitrogens with one attached hydrogen (secondary N) is 1. The van der Waals surface area contributed by atoms with Crippen molar-refractivity contribution < 1.29 is 13.6 Å². The number of benzene rings is 1. The summed E-state index contributed by atoms with van der Waals surface area (Å²) in [5.41, 5.74) is 1.67. The smallest absolute Gasteiger partial charge is 0.220 e. The first kappa shape index (κ1) is 18.0. The van der Waals surface area contributed by atoms with Crippen molar-refractivity contribution in [3.8, 4) is 0 Å². The summed E-state index contributed by atoms with van der Waals surface area (Å²) in [4.78, 5) is 14.6. The van der Waals surface area contributed by atoms with Crippen LogP contribution in [0.2, 0.25) is 0 Å². The van der Waals surface area contributed by atoms with Crippen molar-refractivity contribution in [2.75, 3.05) is 31.1 Å². The highest BCUT2D eigenvalue weighted by Crippen LogP contribution is 2.24. The predicted molar refractivity (Wildman–Crippen MR) is 98.1 cm³/mol. The largest absolute Gasteiger partial charge is 0.472 e. The Balaban J connectivity index is 1.53. The second-order valence-electron chi connectivity index (χ2n) is 6.12. The Bertz CT molecular complexity index is 672. The summed E-state index contributed by atoms with van der Waals surface area (Å²) in [6, 6.07) is 8.68. The molecule has 1 aromatic carbocycles. The molecule has 1 aliphatic rings. The highest BCUT2D eigenvalue weighted by Gasteiger charge is 2.23. The van der Waals surface area contributed by atoms with Gasteiger partial charge in [0.05, 0.1) is 18.6 Å². The van der Waals surface area contributed by atoms with E-state index in [1.54, 1.807) is 30.7 Å².